The molecule has 0 saturated carbocycles. The summed E-state index contributed by atoms with van der Waals surface area (Å²) in [5.74, 6) is 4.46. The van der Waals surface area contributed by atoms with Crippen molar-refractivity contribution in [2.75, 3.05) is 201 Å². The number of carboxylic acid groups (broad SMARTS) is 1. The first-order valence-electron chi connectivity index (χ1n) is 44.9. The lowest BCUT2D eigenvalue weighted by atomic mass is 10.1. The lowest BCUT2D eigenvalue weighted by molar-refractivity contribution is 0.0689. The van der Waals surface area contributed by atoms with Crippen molar-refractivity contribution in [2.24, 2.45) is 0 Å². The van der Waals surface area contributed by atoms with E-state index in [0.717, 1.165) is 157 Å². The Morgan fingerprint density at radius 1 is 0.357 bits per heavy atom. The standard InChI is InChI=1S/C24H37N3O2.2C19H27ClN2O2.C10H11ClO3.C9H18N2.C6H15N.C5H11N/c28-24(27-18-6-8-22(27)20-26-15-4-5-16-26)21-9-11-23(12-10-21)29-19-7-17-25-13-2-1-3-14-25;2*20-10-4-14-24-18-8-6-16(7-9-18)19(23)22-13-3-5-17(22)15-21-11-1-2-12-21;11-6-1-7-14-9-4-2-8(3-5-9)10(12)13;1-2-7-11(6-1)8-9-4-3-5-10-9;1-4-7(5-2)6-3;1-2-4-6-5-3-1/h9-12,22H,1-8,13-20H2;2*6-9,17H,1-5,10-15H2;2-5H,1,6-7H2,(H,12,13);9-10H,1-8H2;4-6H2,1-3H3;6H,1-5H2/t22-;2*17-;;9-;;/m000.1../s1. The van der Waals surface area contributed by atoms with Gasteiger partial charge in [-0.25, -0.2) is 4.79 Å². The summed E-state index contributed by atoms with van der Waals surface area (Å²) in [5, 5.41) is 15.5. The van der Waals surface area contributed by atoms with E-state index in [9.17, 15) is 19.2 Å². The molecule has 115 heavy (non-hydrogen) atoms. The molecule has 0 bridgehead atoms. The number of hydrogen-bond donors (Lipinski definition) is 3. The first kappa shape index (κ1) is 95.0. The van der Waals surface area contributed by atoms with Crippen LogP contribution in [0.1, 0.15) is 229 Å². The van der Waals surface area contributed by atoms with Crippen LogP contribution in [-0.2, 0) is 0 Å². The van der Waals surface area contributed by atoms with Gasteiger partial charge in [-0.15, -0.1) is 34.8 Å². The number of ether oxygens (including phenoxy) is 4. The monoisotopic (exact) mass is 1650 g/mol. The first-order chi connectivity index (χ1) is 56.4. The zero-order valence-electron chi connectivity index (χ0n) is 70.7. The van der Waals surface area contributed by atoms with Crippen molar-refractivity contribution >= 4 is 58.5 Å². The van der Waals surface area contributed by atoms with Gasteiger partial charge in [0, 0.05) is 111 Å². The van der Waals surface area contributed by atoms with Crippen LogP contribution < -0.4 is 29.6 Å². The normalized spacial score (nSPS) is 21.1. The average molecular weight is 1660 g/mol. The molecular weight excluding hydrogens is 1510 g/mol. The van der Waals surface area contributed by atoms with Crippen molar-refractivity contribution in [1.82, 2.24) is 54.7 Å². The Hall–Kier alpha value is -5.49. The molecular formula is C92H146Cl3N11O9. The minimum absolute atomic E-state index is 0.156. The molecule has 10 aliphatic rings. The third kappa shape index (κ3) is 35.8. The number of carbonyl (C=O) groups excluding carboxylic acids is 3. The first-order valence-corrected chi connectivity index (χ1v) is 46.5. The quantitative estimate of drug-likeness (QED) is 0.0310. The highest BCUT2D eigenvalue weighted by Crippen LogP contribution is 2.28. The summed E-state index contributed by atoms with van der Waals surface area (Å²) in [5.41, 5.74) is 2.56. The SMILES string of the molecule is C1CCNCC1.C1CN[C@@H](CN2CCCC2)C1.CCN(CC)CC.O=C(O)c1ccc(OCCCCl)cc1.O=C(c1ccc(OCCCCl)cc1)N1CCC[C@H]1CN1CCCC1.O=C(c1ccc(OCCCCl)cc1)N1CCC[C@H]1CN1CCCC1.O=C(c1ccc(OCCCN2CCCCC2)cc1)N1CCC[C@H]1CN1CCCC1. The second-order valence-electron chi connectivity index (χ2n) is 32.3. The van der Waals surface area contributed by atoms with Crippen LogP contribution in [0.5, 0.6) is 23.0 Å². The summed E-state index contributed by atoms with van der Waals surface area (Å²) in [6, 6.07) is 31.1. The van der Waals surface area contributed by atoms with Gasteiger partial charge in [0.2, 0.25) is 0 Å². The molecule has 10 saturated heterocycles. The Kier molecular flexibility index (Phi) is 47.0. The number of nitrogens with one attached hydrogen (secondary N) is 2. The van der Waals surface area contributed by atoms with Crippen LogP contribution in [-0.4, -0.2) is 298 Å². The van der Waals surface area contributed by atoms with Gasteiger partial charge < -0.3 is 78.8 Å². The second-order valence-corrected chi connectivity index (χ2v) is 33.5. The van der Waals surface area contributed by atoms with Crippen LogP contribution >= 0.6 is 34.8 Å². The number of alkyl halides is 3. The molecule has 0 aromatic heterocycles. The maximum absolute atomic E-state index is 13.0. The van der Waals surface area contributed by atoms with Crippen molar-refractivity contribution in [1.29, 1.82) is 0 Å². The molecule has 644 valence electrons. The van der Waals surface area contributed by atoms with Crippen LogP contribution in [0.15, 0.2) is 97.1 Å². The molecule has 0 aliphatic carbocycles. The molecule has 10 aliphatic heterocycles. The minimum atomic E-state index is -0.933. The van der Waals surface area contributed by atoms with E-state index in [1.807, 2.05) is 72.8 Å². The minimum Gasteiger partial charge on any atom is -0.494 e. The van der Waals surface area contributed by atoms with Crippen LogP contribution in [0.25, 0.3) is 0 Å². The van der Waals surface area contributed by atoms with Crippen LogP contribution in [0.4, 0.5) is 0 Å². The number of carboxylic acids is 1. The summed E-state index contributed by atoms with van der Waals surface area (Å²) in [6.45, 7) is 36.9. The third-order valence-corrected chi connectivity index (χ3v) is 24.5. The Labute approximate surface area is 707 Å². The van der Waals surface area contributed by atoms with E-state index in [-0.39, 0.29) is 23.3 Å². The van der Waals surface area contributed by atoms with Gasteiger partial charge >= 0.3 is 5.97 Å². The predicted molar refractivity (Wildman–Crippen MR) is 472 cm³/mol. The van der Waals surface area contributed by atoms with Crippen LogP contribution in [0.3, 0.4) is 0 Å². The zero-order valence-corrected chi connectivity index (χ0v) is 73.0. The highest BCUT2D eigenvalue weighted by atomic mass is 35.5. The van der Waals surface area contributed by atoms with E-state index in [4.69, 9.17) is 58.9 Å². The number of halogens is 3. The van der Waals surface area contributed by atoms with E-state index in [0.29, 0.717) is 61.3 Å². The fourth-order valence-electron chi connectivity index (χ4n) is 17.0. The molecule has 3 N–H and O–H groups in total. The van der Waals surface area contributed by atoms with Crippen LogP contribution in [0.2, 0.25) is 0 Å². The fourth-order valence-corrected chi connectivity index (χ4v) is 17.3. The number of rotatable bonds is 32. The molecule has 4 atom stereocenters. The molecule has 10 fully saturated rings. The Morgan fingerprint density at radius 3 is 0.939 bits per heavy atom. The average Bonchev–Trinajstić information content (AvgIpc) is 1.81. The number of likely N-dealkylation sites (tertiary alicyclic amines) is 8. The highest BCUT2D eigenvalue weighted by Gasteiger charge is 2.35. The van der Waals surface area contributed by atoms with Gasteiger partial charge in [-0.3, -0.25) is 14.4 Å². The number of hydrogen-bond acceptors (Lipinski definition) is 16. The number of carbonyl (C=O) groups is 4. The summed E-state index contributed by atoms with van der Waals surface area (Å²) in [6.07, 6.45) is 32.0. The van der Waals surface area contributed by atoms with E-state index < -0.39 is 5.97 Å². The summed E-state index contributed by atoms with van der Waals surface area (Å²) in [4.78, 5) is 70.6. The summed E-state index contributed by atoms with van der Waals surface area (Å²) >= 11 is 16.8. The lowest BCUT2D eigenvalue weighted by Gasteiger charge is -2.28. The summed E-state index contributed by atoms with van der Waals surface area (Å²) in [7, 11) is 0. The zero-order chi connectivity index (χ0) is 81.3. The van der Waals surface area contributed by atoms with Gasteiger partial charge in [-0.2, -0.15) is 0 Å². The summed E-state index contributed by atoms with van der Waals surface area (Å²) < 4.78 is 22.4. The number of benzene rings is 4. The van der Waals surface area contributed by atoms with Gasteiger partial charge in [-0.1, -0.05) is 33.6 Å². The molecule has 23 heteroatoms. The maximum Gasteiger partial charge on any atom is 0.335 e. The Balaban J connectivity index is 0.000000177. The molecule has 0 radical (unpaired) electrons. The smallest absolute Gasteiger partial charge is 0.335 e. The van der Waals surface area contributed by atoms with E-state index >= 15 is 0 Å². The van der Waals surface area contributed by atoms with Crippen molar-refractivity contribution in [3.05, 3.63) is 119 Å². The van der Waals surface area contributed by atoms with Crippen molar-refractivity contribution in [3.63, 3.8) is 0 Å². The van der Waals surface area contributed by atoms with Gasteiger partial charge in [0.05, 0.1) is 32.0 Å². The third-order valence-electron chi connectivity index (χ3n) is 23.7. The van der Waals surface area contributed by atoms with Gasteiger partial charge in [0.1, 0.15) is 23.0 Å². The van der Waals surface area contributed by atoms with Crippen molar-refractivity contribution in [3.8, 4) is 23.0 Å². The number of nitrogens with zero attached hydrogens (tertiary/aromatic N) is 9. The second kappa shape index (κ2) is 56.9. The number of amides is 3. The Morgan fingerprint density at radius 2 is 0.661 bits per heavy atom. The van der Waals surface area contributed by atoms with Crippen molar-refractivity contribution in [2.45, 2.75) is 212 Å². The van der Waals surface area contributed by atoms with E-state index in [1.165, 1.54) is 226 Å². The number of aromatic carboxylic acids is 1. The largest absolute Gasteiger partial charge is 0.494 e. The topological polar surface area (TPSA) is 179 Å². The lowest BCUT2D eigenvalue weighted by Crippen LogP contribution is -2.42. The van der Waals surface area contributed by atoms with Gasteiger partial charge in [0.25, 0.3) is 17.7 Å². The molecule has 0 spiro atoms. The maximum atomic E-state index is 13.0. The predicted octanol–water partition coefficient (Wildman–Crippen LogP) is 15.8. The molecule has 4 aromatic rings. The Bertz CT molecular complexity index is 3090. The van der Waals surface area contributed by atoms with Crippen molar-refractivity contribution < 1.29 is 43.2 Å². The number of piperidine rings is 2. The molecule has 4 aromatic carbocycles. The molecule has 20 nitrogen and oxygen atoms in total. The molecule has 14 rings (SSSR count). The highest BCUT2D eigenvalue weighted by molar-refractivity contribution is 6.18. The van der Waals surface area contributed by atoms with E-state index in [1.54, 1.807) is 12.1 Å². The molecule has 0 unspecified atom stereocenters. The van der Waals surface area contributed by atoms with Gasteiger partial charge in [0.15, 0.2) is 0 Å². The van der Waals surface area contributed by atoms with Gasteiger partial charge in [-0.05, 0) is 356 Å². The molecule has 3 amide bonds. The molecule has 10 heterocycles. The van der Waals surface area contributed by atoms with Crippen LogP contribution in [0, 0.1) is 0 Å². The fraction of sp³-hybridized carbons (Fsp3) is 0.696. The van der Waals surface area contributed by atoms with E-state index in [2.05, 4.69) is 75.5 Å².